The molecule has 0 fully saturated rings. The molecule has 0 radical (unpaired) electrons. The summed E-state index contributed by atoms with van der Waals surface area (Å²) in [4.78, 5) is 14.5. The molecule has 0 unspecified atom stereocenters. The molecular weight excluding hydrogens is 378 g/mol. The van der Waals surface area contributed by atoms with Gasteiger partial charge in [-0.3, -0.25) is 0 Å². The molecule has 0 amide bonds. The lowest BCUT2D eigenvalue weighted by molar-refractivity contribution is 1.07. The Labute approximate surface area is 181 Å². The van der Waals surface area contributed by atoms with E-state index in [1.807, 2.05) is 60.7 Å². The standard InChI is InChI=1S/C28H19N3/c1-3-9-19(10-4-1)26-29-27(20-11-5-2-6-12-20)31-28(30-26)23-16-15-22-17-21-13-7-8-14-24(21)25(22)18-23/h1-16,18H,17H2. The Morgan fingerprint density at radius 3 is 1.58 bits per heavy atom. The zero-order valence-corrected chi connectivity index (χ0v) is 16.9. The fourth-order valence-corrected chi connectivity index (χ4v) is 4.20. The molecule has 1 heterocycles. The van der Waals surface area contributed by atoms with Crippen LogP contribution in [0.15, 0.2) is 103 Å². The van der Waals surface area contributed by atoms with E-state index in [2.05, 4.69) is 42.5 Å². The van der Waals surface area contributed by atoms with Crippen molar-refractivity contribution in [2.45, 2.75) is 6.42 Å². The van der Waals surface area contributed by atoms with Gasteiger partial charge in [0, 0.05) is 16.7 Å². The molecule has 3 nitrogen and oxygen atoms in total. The van der Waals surface area contributed by atoms with Gasteiger partial charge in [-0.1, -0.05) is 97.1 Å². The Morgan fingerprint density at radius 2 is 0.935 bits per heavy atom. The van der Waals surface area contributed by atoms with E-state index in [1.165, 1.54) is 22.3 Å². The number of rotatable bonds is 3. The van der Waals surface area contributed by atoms with Crippen LogP contribution in [0.4, 0.5) is 0 Å². The first-order valence-corrected chi connectivity index (χ1v) is 10.4. The lowest BCUT2D eigenvalue weighted by atomic mass is 10.0. The molecule has 31 heavy (non-hydrogen) atoms. The first kappa shape index (κ1) is 17.7. The molecule has 6 rings (SSSR count). The first-order valence-electron chi connectivity index (χ1n) is 10.4. The number of hydrogen-bond donors (Lipinski definition) is 0. The Bertz CT molecular complexity index is 1340. The quantitative estimate of drug-likeness (QED) is 0.345. The predicted octanol–water partition coefficient (Wildman–Crippen LogP) is 6.44. The average Bonchev–Trinajstić information content (AvgIpc) is 3.23. The Hall–Kier alpha value is -4.11. The molecule has 0 spiro atoms. The molecule has 146 valence electrons. The Kier molecular flexibility index (Phi) is 4.17. The van der Waals surface area contributed by atoms with Gasteiger partial charge in [0.25, 0.3) is 0 Å². The highest BCUT2D eigenvalue weighted by Gasteiger charge is 2.19. The Balaban J connectivity index is 1.53. The number of fused-ring (bicyclic) bond motifs is 3. The fourth-order valence-electron chi connectivity index (χ4n) is 4.20. The van der Waals surface area contributed by atoms with E-state index >= 15 is 0 Å². The van der Waals surface area contributed by atoms with Gasteiger partial charge in [0.15, 0.2) is 17.5 Å². The summed E-state index contributed by atoms with van der Waals surface area (Å²) < 4.78 is 0. The molecular formula is C28H19N3. The largest absolute Gasteiger partial charge is 0.208 e. The van der Waals surface area contributed by atoms with Crippen molar-refractivity contribution in [3.05, 3.63) is 114 Å². The zero-order valence-electron chi connectivity index (χ0n) is 16.9. The minimum atomic E-state index is 0.686. The van der Waals surface area contributed by atoms with E-state index in [0.717, 1.165) is 23.1 Å². The lowest BCUT2D eigenvalue weighted by Gasteiger charge is -2.09. The van der Waals surface area contributed by atoms with E-state index in [-0.39, 0.29) is 0 Å². The predicted molar refractivity (Wildman–Crippen MR) is 124 cm³/mol. The maximum absolute atomic E-state index is 4.86. The van der Waals surface area contributed by atoms with Crippen molar-refractivity contribution in [3.8, 4) is 45.3 Å². The van der Waals surface area contributed by atoms with Crippen LogP contribution in [0.5, 0.6) is 0 Å². The van der Waals surface area contributed by atoms with E-state index in [4.69, 9.17) is 15.0 Å². The van der Waals surface area contributed by atoms with E-state index in [9.17, 15) is 0 Å². The van der Waals surface area contributed by atoms with Crippen LogP contribution in [-0.4, -0.2) is 15.0 Å². The first-order chi connectivity index (χ1) is 15.3. The molecule has 5 aromatic rings. The summed E-state index contributed by atoms with van der Waals surface area (Å²) in [6, 6.07) is 35.3. The van der Waals surface area contributed by atoms with Crippen LogP contribution in [0.2, 0.25) is 0 Å². The van der Waals surface area contributed by atoms with E-state index in [1.54, 1.807) is 0 Å². The van der Waals surface area contributed by atoms with Gasteiger partial charge < -0.3 is 0 Å². The van der Waals surface area contributed by atoms with Crippen molar-refractivity contribution in [1.82, 2.24) is 15.0 Å². The van der Waals surface area contributed by atoms with Crippen molar-refractivity contribution < 1.29 is 0 Å². The maximum atomic E-state index is 4.86. The zero-order chi connectivity index (χ0) is 20.6. The molecule has 0 saturated carbocycles. The molecule has 0 aliphatic heterocycles. The van der Waals surface area contributed by atoms with Crippen molar-refractivity contribution >= 4 is 0 Å². The Morgan fingerprint density at radius 1 is 0.419 bits per heavy atom. The van der Waals surface area contributed by atoms with Crippen LogP contribution in [0.3, 0.4) is 0 Å². The van der Waals surface area contributed by atoms with Crippen LogP contribution in [0.25, 0.3) is 45.3 Å². The van der Waals surface area contributed by atoms with Crippen LogP contribution >= 0.6 is 0 Å². The van der Waals surface area contributed by atoms with Crippen molar-refractivity contribution in [1.29, 1.82) is 0 Å². The molecule has 3 heteroatoms. The van der Waals surface area contributed by atoms with E-state index < -0.39 is 0 Å². The summed E-state index contributed by atoms with van der Waals surface area (Å²) in [5.74, 6) is 2.07. The summed E-state index contributed by atoms with van der Waals surface area (Å²) in [6.07, 6.45) is 0.980. The van der Waals surface area contributed by atoms with Crippen LogP contribution in [0, 0.1) is 0 Å². The SMILES string of the molecule is c1ccc(-c2nc(-c3ccccc3)nc(-c3ccc4c(c3)-c3ccccc3C4)n2)cc1. The molecule has 0 saturated heterocycles. The topological polar surface area (TPSA) is 38.7 Å². The van der Waals surface area contributed by atoms with Crippen molar-refractivity contribution in [2.75, 3.05) is 0 Å². The van der Waals surface area contributed by atoms with E-state index in [0.29, 0.717) is 17.5 Å². The van der Waals surface area contributed by atoms with Gasteiger partial charge in [0.1, 0.15) is 0 Å². The highest BCUT2D eigenvalue weighted by atomic mass is 15.0. The van der Waals surface area contributed by atoms with Gasteiger partial charge in [-0.25, -0.2) is 15.0 Å². The number of benzene rings is 4. The third kappa shape index (κ3) is 3.21. The second-order valence-corrected chi connectivity index (χ2v) is 7.74. The summed E-state index contributed by atoms with van der Waals surface area (Å²) in [6.45, 7) is 0. The summed E-state index contributed by atoms with van der Waals surface area (Å²) in [5, 5.41) is 0. The molecule has 1 aromatic heterocycles. The maximum Gasteiger partial charge on any atom is 0.164 e. The second-order valence-electron chi connectivity index (χ2n) is 7.74. The third-order valence-corrected chi connectivity index (χ3v) is 5.76. The number of hydrogen-bond acceptors (Lipinski definition) is 3. The van der Waals surface area contributed by atoms with Gasteiger partial charge in [0.05, 0.1) is 0 Å². The normalized spacial score (nSPS) is 11.7. The van der Waals surface area contributed by atoms with Crippen LogP contribution in [0.1, 0.15) is 11.1 Å². The van der Waals surface area contributed by atoms with Gasteiger partial charge >= 0.3 is 0 Å². The fraction of sp³-hybridized carbons (Fsp3) is 0.0357. The molecule has 1 aliphatic rings. The van der Waals surface area contributed by atoms with Crippen molar-refractivity contribution in [3.63, 3.8) is 0 Å². The highest BCUT2D eigenvalue weighted by molar-refractivity contribution is 5.80. The highest BCUT2D eigenvalue weighted by Crippen LogP contribution is 2.38. The summed E-state index contributed by atoms with van der Waals surface area (Å²) >= 11 is 0. The van der Waals surface area contributed by atoms with Crippen molar-refractivity contribution in [2.24, 2.45) is 0 Å². The average molecular weight is 397 g/mol. The van der Waals surface area contributed by atoms with Crippen LogP contribution in [-0.2, 0) is 6.42 Å². The summed E-state index contributed by atoms with van der Waals surface area (Å²) in [5.41, 5.74) is 8.28. The van der Waals surface area contributed by atoms with Crippen LogP contribution < -0.4 is 0 Å². The molecule has 1 aliphatic carbocycles. The smallest absolute Gasteiger partial charge is 0.164 e. The molecule has 0 bridgehead atoms. The summed E-state index contributed by atoms with van der Waals surface area (Å²) in [7, 11) is 0. The third-order valence-electron chi connectivity index (χ3n) is 5.76. The van der Waals surface area contributed by atoms with Gasteiger partial charge in [0.2, 0.25) is 0 Å². The second kappa shape index (κ2) is 7.29. The molecule has 0 atom stereocenters. The van der Waals surface area contributed by atoms with Gasteiger partial charge in [-0.05, 0) is 34.7 Å². The minimum absolute atomic E-state index is 0.686. The molecule has 4 aromatic carbocycles. The number of aromatic nitrogens is 3. The van der Waals surface area contributed by atoms with Gasteiger partial charge in [-0.2, -0.15) is 0 Å². The lowest BCUT2D eigenvalue weighted by Crippen LogP contribution is -2.00. The number of nitrogens with zero attached hydrogens (tertiary/aromatic N) is 3. The monoisotopic (exact) mass is 397 g/mol. The minimum Gasteiger partial charge on any atom is -0.208 e. The van der Waals surface area contributed by atoms with Gasteiger partial charge in [-0.15, -0.1) is 0 Å². The molecule has 0 N–H and O–H groups in total.